The Bertz CT molecular complexity index is 382. The van der Waals surface area contributed by atoms with Crippen molar-refractivity contribution >= 4 is 5.69 Å². The summed E-state index contributed by atoms with van der Waals surface area (Å²) in [6.45, 7) is 2.04. The van der Waals surface area contributed by atoms with E-state index in [2.05, 4.69) is 11.2 Å². The van der Waals surface area contributed by atoms with E-state index in [-0.39, 0.29) is 6.04 Å². The van der Waals surface area contributed by atoms with E-state index < -0.39 is 0 Å². The highest BCUT2D eigenvalue weighted by Gasteiger charge is 2.06. The molecule has 0 saturated carbocycles. The van der Waals surface area contributed by atoms with E-state index in [1.54, 1.807) is 14.2 Å². The van der Waals surface area contributed by atoms with Gasteiger partial charge >= 0.3 is 0 Å². The van der Waals surface area contributed by atoms with Crippen molar-refractivity contribution in [2.45, 2.75) is 19.4 Å². The molecule has 0 aliphatic heterocycles. The minimum Gasteiger partial charge on any atom is -0.493 e. The van der Waals surface area contributed by atoms with Gasteiger partial charge in [-0.1, -0.05) is 12.8 Å². The Kier molecular flexibility index (Phi) is 4.53. The van der Waals surface area contributed by atoms with Crippen LogP contribution in [0.4, 0.5) is 5.69 Å². The van der Waals surface area contributed by atoms with Crippen molar-refractivity contribution in [1.82, 2.24) is 0 Å². The molecule has 1 aromatic rings. The zero-order valence-corrected chi connectivity index (χ0v) is 9.91. The van der Waals surface area contributed by atoms with Crippen LogP contribution in [-0.4, -0.2) is 20.3 Å². The number of benzene rings is 1. The Morgan fingerprint density at radius 3 is 2.50 bits per heavy atom. The lowest BCUT2D eigenvalue weighted by Gasteiger charge is -2.14. The smallest absolute Gasteiger partial charge is 0.162 e. The standard InChI is InChI=1S/C13H17NO2/c1-5-10(6-2)14-11-7-8-12(15-3)13(9-11)16-4/h1,7-10,14H,6H2,2-4H3. The average molecular weight is 219 g/mol. The second-order valence-electron chi connectivity index (χ2n) is 3.34. The number of anilines is 1. The minimum atomic E-state index is 0.0399. The van der Waals surface area contributed by atoms with Gasteiger partial charge in [0.05, 0.1) is 20.3 Å². The van der Waals surface area contributed by atoms with Gasteiger partial charge in [0, 0.05) is 11.8 Å². The van der Waals surface area contributed by atoms with Gasteiger partial charge in [0.15, 0.2) is 11.5 Å². The summed E-state index contributed by atoms with van der Waals surface area (Å²) >= 11 is 0. The number of ether oxygens (including phenoxy) is 2. The van der Waals surface area contributed by atoms with E-state index in [1.807, 2.05) is 25.1 Å². The lowest BCUT2D eigenvalue weighted by molar-refractivity contribution is 0.355. The SMILES string of the molecule is C#CC(CC)Nc1ccc(OC)c(OC)c1. The highest BCUT2D eigenvalue weighted by atomic mass is 16.5. The van der Waals surface area contributed by atoms with Crippen molar-refractivity contribution in [3.63, 3.8) is 0 Å². The Labute approximate surface area is 96.8 Å². The van der Waals surface area contributed by atoms with Crippen LogP contribution in [0.15, 0.2) is 18.2 Å². The topological polar surface area (TPSA) is 30.5 Å². The van der Waals surface area contributed by atoms with Crippen LogP contribution in [0.25, 0.3) is 0 Å². The van der Waals surface area contributed by atoms with Gasteiger partial charge in [-0.25, -0.2) is 0 Å². The molecule has 1 N–H and O–H groups in total. The molecule has 86 valence electrons. The molecule has 0 aliphatic carbocycles. The summed E-state index contributed by atoms with van der Waals surface area (Å²) in [5.41, 5.74) is 0.933. The molecule has 0 spiro atoms. The molecule has 1 atom stereocenters. The summed E-state index contributed by atoms with van der Waals surface area (Å²) < 4.78 is 10.4. The van der Waals surface area contributed by atoms with Gasteiger partial charge in [-0.15, -0.1) is 6.42 Å². The van der Waals surface area contributed by atoms with Crippen molar-refractivity contribution in [3.05, 3.63) is 18.2 Å². The summed E-state index contributed by atoms with van der Waals surface area (Å²) in [6, 6.07) is 5.68. The fraction of sp³-hybridized carbons (Fsp3) is 0.385. The Morgan fingerprint density at radius 2 is 2.00 bits per heavy atom. The lowest BCUT2D eigenvalue weighted by atomic mass is 10.2. The first-order chi connectivity index (χ1) is 7.74. The molecule has 3 heteroatoms. The fourth-order valence-electron chi connectivity index (χ4n) is 1.39. The van der Waals surface area contributed by atoms with E-state index in [0.717, 1.165) is 12.1 Å². The number of terminal acetylenes is 1. The van der Waals surface area contributed by atoms with E-state index in [9.17, 15) is 0 Å². The number of hydrogen-bond acceptors (Lipinski definition) is 3. The number of methoxy groups -OCH3 is 2. The molecule has 1 aromatic carbocycles. The molecule has 0 bridgehead atoms. The molecule has 0 amide bonds. The van der Waals surface area contributed by atoms with Crippen molar-refractivity contribution in [3.8, 4) is 23.8 Å². The molecule has 0 aliphatic rings. The van der Waals surface area contributed by atoms with Gasteiger partial charge in [-0.05, 0) is 18.6 Å². The van der Waals surface area contributed by atoms with Crippen LogP contribution in [0.1, 0.15) is 13.3 Å². The van der Waals surface area contributed by atoms with E-state index in [1.165, 1.54) is 0 Å². The zero-order valence-electron chi connectivity index (χ0n) is 9.91. The molecule has 0 aromatic heterocycles. The highest BCUT2D eigenvalue weighted by Crippen LogP contribution is 2.29. The van der Waals surface area contributed by atoms with Crippen molar-refractivity contribution < 1.29 is 9.47 Å². The summed E-state index contributed by atoms with van der Waals surface area (Å²) in [5, 5.41) is 3.23. The van der Waals surface area contributed by atoms with Crippen LogP contribution in [-0.2, 0) is 0 Å². The van der Waals surface area contributed by atoms with Crippen molar-refractivity contribution in [2.75, 3.05) is 19.5 Å². The number of nitrogens with one attached hydrogen (secondary N) is 1. The maximum Gasteiger partial charge on any atom is 0.162 e. The summed E-state index contributed by atoms with van der Waals surface area (Å²) in [7, 11) is 3.22. The predicted octanol–water partition coefficient (Wildman–Crippen LogP) is 2.53. The molecule has 0 saturated heterocycles. The molecule has 1 rings (SSSR count). The van der Waals surface area contributed by atoms with Crippen LogP contribution < -0.4 is 14.8 Å². The minimum absolute atomic E-state index is 0.0399. The first-order valence-electron chi connectivity index (χ1n) is 5.19. The van der Waals surface area contributed by atoms with Gasteiger partial charge in [-0.3, -0.25) is 0 Å². The first kappa shape index (κ1) is 12.3. The second-order valence-corrected chi connectivity index (χ2v) is 3.34. The van der Waals surface area contributed by atoms with Gasteiger partial charge in [0.2, 0.25) is 0 Å². The fourth-order valence-corrected chi connectivity index (χ4v) is 1.39. The van der Waals surface area contributed by atoms with Gasteiger partial charge in [0.1, 0.15) is 0 Å². The van der Waals surface area contributed by atoms with Crippen LogP contribution in [0.2, 0.25) is 0 Å². The molecule has 0 fully saturated rings. The summed E-state index contributed by atoms with van der Waals surface area (Å²) in [5.74, 6) is 4.09. The quantitative estimate of drug-likeness (QED) is 0.772. The largest absolute Gasteiger partial charge is 0.493 e. The zero-order chi connectivity index (χ0) is 12.0. The van der Waals surface area contributed by atoms with Gasteiger partial charge in [-0.2, -0.15) is 0 Å². The summed E-state index contributed by atoms with van der Waals surface area (Å²) in [6.07, 6.45) is 6.27. The number of rotatable bonds is 5. The molecule has 0 radical (unpaired) electrons. The van der Waals surface area contributed by atoms with Crippen LogP contribution in [0.3, 0.4) is 0 Å². The predicted molar refractivity (Wildman–Crippen MR) is 66.1 cm³/mol. The molecular weight excluding hydrogens is 202 g/mol. The van der Waals surface area contributed by atoms with Crippen LogP contribution >= 0.6 is 0 Å². The van der Waals surface area contributed by atoms with Crippen molar-refractivity contribution in [1.29, 1.82) is 0 Å². The van der Waals surface area contributed by atoms with Crippen molar-refractivity contribution in [2.24, 2.45) is 0 Å². The third kappa shape index (κ3) is 2.83. The lowest BCUT2D eigenvalue weighted by Crippen LogP contribution is -2.15. The molecule has 0 heterocycles. The summed E-state index contributed by atoms with van der Waals surface area (Å²) in [4.78, 5) is 0. The second kappa shape index (κ2) is 5.92. The normalized spacial score (nSPS) is 11.4. The Hall–Kier alpha value is -1.82. The molecule has 1 unspecified atom stereocenters. The van der Waals surface area contributed by atoms with Crippen LogP contribution in [0, 0.1) is 12.3 Å². The van der Waals surface area contributed by atoms with Gasteiger partial charge in [0.25, 0.3) is 0 Å². The Balaban J connectivity index is 2.87. The maximum absolute atomic E-state index is 5.39. The molecule has 3 nitrogen and oxygen atoms in total. The molecular formula is C13H17NO2. The molecule has 16 heavy (non-hydrogen) atoms. The third-order valence-electron chi connectivity index (χ3n) is 2.33. The monoisotopic (exact) mass is 219 g/mol. The van der Waals surface area contributed by atoms with E-state index >= 15 is 0 Å². The maximum atomic E-state index is 5.39. The van der Waals surface area contributed by atoms with E-state index in [4.69, 9.17) is 15.9 Å². The van der Waals surface area contributed by atoms with Crippen LogP contribution in [0.5, 0.6) is 11.5 Å². The highest BCUT2D eigenvalue weighted by molar-refractivity contribution is 5.55. The van der Waals surface area contributed by atoms with E-state index in [0.29, 0.717) is 11.5 Å². The van der Waals surface area contributed by atoms with Gasteiger partial charge < -0.3 is 14.8 Å². The number of hydrogen-bond donors (Lipinski definition) is 1. The first-order valence-corrected chi connectivity index (χ1v) is 5.19. The average Bonchev–Trinajstić information content (AvgIpc) is 2.35. The Morgan fingerprint density at radius 1 is 1.31 bits per heavy atom. The third-order valence-corrected chi connectivity index (χ3v) is 2.33.